The maximum absolute atomic E-state index is 12.8. The van der Waals surface area contributed by atoms with Gasteiger partial charge in [0.05, 0.1) is 13.2 Å². The lowest BCUT2D eigenvalue weighted by Gasteiger charge is -2.21. The third-order valence-corrected chi connectivity index (χ3v) is 6.04. The highest BCUT2D eigenvalue weighted by Gasteiger charge is 2.32. The molecule has 4 rings (SSSR count). The maximum atomic E-state index is 12.8. The van der Waals surface area contributed by atoms with Crippen molar-refractivity contribution in [2.24, 2.45) is 0 Å². The number of benzene rings is 2. The molecule has 1 atom stereocenters. The summed E-state index contributed by atoms with van der Waals surface area (Å²) in [5, 5.41) is 0. The molecule has 154 valence electrons. The van der Waals surface area contributed by atoms with Crippen LogP contribution in [0, 0.1) is 0 Å². The largest absolute Gasteiger partial charge is 0.493 e. The molecule has 0 N–H and O–H groups in total. The van der Waals surface area contributed by atoms with E-state index in [-0.39, 0.29) is 17.9 Å². The van der Waals surface area contributed by atoms with Crippen LogP contribution >= 0.6 is 0 Å². The minimum absolute atomic E-state index is 0.155. The number of nitrogens with zero attached hydrogens (tertiary/aromatic N) is 2. The molecule has 1 aliphatic heterocycles. The second kappa shape index (κ2) is 8.36. The van der Waals surface area contributed by atoms with Crippen molar-refractivity contribution in [1.82, 2.24) is 0 Å². The van der Waals surface area contributed by atoms with Crippen LogP contribution in [-0.4, -0.2) is 39.8 Å². The molecule has 0 bridgehead atoms. The molecule has 2 fully saturated rings. The Labute approximate surface area is 173 Å². The van der Waals surface area contributed by atoms with Gasteiger partial charge >= 0.3 is 0 Å². The van der Waals surface area contributed by atoms with Gasteiger partial charge in [-0.1, -0.05) is 12.1 Å². The molecule has 0 spiro atoms. The van der Waals surface area contributed by atoms with Gasteiger partial charge in [-0.15, -0.1) is 0 Å². The summed E-state index contributed by atoms with van der Waals surface area (Å²) in [6.45, 7) is 0.685. The summed E-state index contributed by atoms with van der Waals surface area (Å²) >= 11 is 0. The van der Waals surface area contributed by atoms with E-state index in [1.54, 1.807) is 7.11 Å². The zero-order chi connectivity index (χ0) is 20.4. The molecule has 5 heteroatoms. The normalized spacial score (nSPS) is 19.6. The Hall–Kier alpha value is -2.69. The molecule has 1 saturated carbocycles. The fourth-order valence-electron chi connectivity index (χ4n) is 4.34. The first-order valence-corrected chi connectivity index (χ1v) is 10.5. The van der Waals surface area contributed by atoms with Crippen molar-refractivity contribution in [3.05, 3.63) is 48.0 Å². The molecule has 2 aromatic rings. The lowest BCUT2D eigenvalue weighted by atomic mass is 9.98. The van der Waals surface area contributed by atoms with Crippen molar-refractivity contribution >= 4 is 17.3 Å². The van der Waals surface area contributed by atoms with E-state index in [1.807, 2.05) is 37.2 Å². The second-order valence-corrected chi connectivity index (χ2v) is 8.25. The van der Waals surface area contributed by atoms with Crippen LogP contribution in [-0.2, 0) is 4.79 Å². The minimum atomic E-state index is 0.155. The zero-order valence-electron chi connectivity index (χ0n) is 17.6. The SMILES string of the molecule is COc1ccc([C@H]2CC(=O)N(c3cccc(N(C)C)c3)C2)cc1OC1CCCC1. The number of carbonyl (C=O) groups excluding carboxylic acids is 1. The Bertz CT molecular complexity index is 874. The maximum Gasteiger partial charge on any atom is 0.227 e. The van der Waals surface area contributed by atoms with Gasteiger partial charge in [0.25, 0.3) is 0 Å². The number of carbonyl (C=O) groups is 1. The van der Waals surface area contributed by atoms with Crippen molar-refractivity contribution in [2.75, 3.05) is 37.5 Å². The smallest absolute Gasteiger partial charge is 0.227 e. The molecule has 2 aliphatic rings. The van der Waals surface area contributed by atoms with Crippen molar-refractivity contribution in [3.63, 3.8) is 0 Å². The van der Waals surface area contributed by atoms with Gasteiger partial charge < -0.3 is 19.3 Å². The predicted molar refractivity (Wildman–Crippen MR) is 116 cm³/mol. The first kappa shape index (κ1) is 19.6. The van der Waals surface area contributed by atoms with Crippen LogP contribution in [0.3, 0.4) is 0 Å². The molecule has 1 amide bonds. The summed E-state index contributed by atoms with van der Waals surface area (Å²) in [4.78, 5) is 16.7. The van der Waals surface area contributed by atoms with Crippen LogP contribution in [0.1, 0.15) is 43.6 Å². The Morgan fingerprint density at radius 2 is 1.83 bits per heavy atom. The minimum Gasteiger partial charge on any atom is -0.493 e. The molecule has 29 heavy (non-hydrogen) atoms. The monoisotopic (exact) mass is 394 g/mol. The third-order valence-electron chi connectivity index (χ3n) is 6.04. The quantitative estimate of drug-likeness (QED) is 0.718. The van der Waals surface area contributed by atoms with Crippen molar-refractivity contribution in [3.8, 4) is 11.5 Å². The standard InChI is InChI=1S/C24H30N2O3/c1-25(2)19-7-6-8-20(15-19)26-16-18(14-24(26)27)17-11-12-22(28-3)23(13-17)29-21-9-4-5-10-21/h6-8,11-13,15,18,21H,4-5,9-10,14,16H2,1-3H3/t18-/m0/s1. The van der Waals surface area contributed by atoms with Gasteiger partial charge in [-0.3, -0.25) is 4.79 Å². The number of amides is 1. The van der Waals surface area contributed by atoms with Crippen molar-refractivity contribution in [1.29, 1.82) is 0 Å². The summed E-state index contributed by atoms with van der Waals surface area (Å²) in [6, 6.07) is 14.3. The highest BCUT2D eigenvalue weighted by molar-refractivity contribution is 5.97. The van der Waals surface area contributed by atoms with Crippen molar-refractivity contribution < 1.29 is 14.3 Å². The number of methoxy groups -OCH3 is 1. The number of rotatable bonds is 6. The number of hydrogen-bond donors (Lipinski definition) is 0. The summed E-state index contributed by atoms with van der Waals surface area (Å²) in [7, 11) is 5.70. The van der Waals surface area contributed by atoms with E-state index < -0.39 is 0 Å². The van der Waals surface area contributed by atoms with Crippen LogP contribution in [0.5, 0.6) is 11.5 Å². The molecule has 1 aliphatic carbocycles. The molecular formula is C24H30N2O3. The summed E-state index contributed by atoms with van der Waals surface area (Å²) < 4.78 is 11.8. The van der Waals surface area contributed by atoms with Gasteiger partial charge in [-0.25, -0.2) is 0 Å². The highest BCUT2D eigenvalue weighted by atomic mass is 16.5. The van der Waals surface area contributed by atoms with Crippen LogP contribution < -0.4 is 19.3 Å². The number of hydrogen-bond acceptors (Lipinski definition) is 4. The van der Waals surface area contributed by atoms with Crippen LogP contribution in [0.15, 0.2) is 42.5 Å². The molecule has 2 aromatic carbocycles. The molecule has 0 aromatic heterocycles. The Balaban J connectivity index is 1.54. The van der Waals surface area contributed by atoms with E-state index in [4.69, 9.17) is 9.47 Å². The van der Waals surface area contributed by atoms with Crippen molar-refractivity contribution in [2.45, 2.75) is 44.1 Å². The molecule has 0 radical (unpaired) electrons. The van der Waals surface area contributed by atoms with E-state index in [0.717, 1.165) is 41.3 Å². The average Bonchev–Trinajstić information content (AvgIpc) is 3.37. The molecule has 0 unspecified atom stereocenters. The fraction of sp³-hybridized carbons (Fsp3) is 0.458. The summed E-state index contributed by atoms with van der Waals surface area (Å²) in [5.74, 6) is 1.89. The molecular weight excluding hydrogens is 364 g/mol. The first-order valence-electron chi connectivity index (χ1n) is 10.5. The lowest BCUT2D eigenvalue weighted by Crippen LogP contribution is -2.24. The Morgan fingerprint density at radius 3 is 2.55 bits per heavy atom. The Morgan fingerprint density at radius 1 is 1.03 bits per heavy atom. The topological polar surface area (TPSA) is 42.0 Å². The van der Waals surface area contributed by atoms with E-state index in [9.17, 15) is 4.79 Å². The molecule has 5 nitrogen and oxygen atoms in total. The zero-order valence-corrected chi connectivity index (χ0v) is 17.6. The number of anilines is 2. The Kier molecular flexibility index (Phi) is 5.65. The van der Waals surface area contributed by atoms with Gasteiger partial charge in [0, 0.05) is 44.4 Å². The second-order valence-electron chi connectivity index (χ2n) is 8.25. The van der Waals surface area contributed by atoms with E-state index in [1.165, 1.54) is 12.8 Å². The van der Waals surface area contributed by atoms with E-state index in [0.29, 0.717) is 13.0 Å². The highest BCUT2D eigenvalue weighted by Crippen LogP contribution is 2.38. The third kappa shape index (κ3) is 4.19. The predicted octanol–water partition coefficient (Wildman–Crippen LogP) is 4.60. The van der Waals surface area contributed by atoms with Crippen LogP contribution in [0.4, 0.5) is 11.4 Å². The summed E-state index contributed by atoms with van der Waals surface area (Å²) in [6.07, 6.45) is 5.45. The number of ether oxygens (including phenoxy) is 2. The van der Waals surface area contributed by atoms with Gasteiger partial charge in [0.2, 0.25) is 5.91 Å². The van der Waals surface area contributed by atoms with E-state index >= 15 is 0 Å². The van der Waals surface area contributed by atoms with E-state index in [2.05, 4.69) is 29.2 Å². The summed E-state index contributed by atoms with van der Waals surface area (Å²) in [5.41, 5.74) is 3.19. The average molecular weight is 395 g/mol. The van der Waals surface area contributed by atoms with Crippen LogP contribution in [0.25, 0.3) is 0 Å². The molecule has 1 heterocycles. The van der Waals surface area contributed by atoms with Gasteiger partial charge in [0.1, 0.15) is 0 Å². The fourth-order valence-corrected chi connectivity index (χ4v) is 4.34. The van der Waals surface area contributed by atoms with Crippen LogP contribution in [0.2, 0.25) is 0 Å². The van der Waals surface area contributed by atoms with Gasteiger partial charge in [-0.2, -0.15) is 0 Å². The molecule has 1 saturated heterocycles. The lowest BCUT2D eigenvalue weighted by molar-refractivity contribution is -0.117. The first-order chi connectivity index (χ1) is 14.0. The van der Waals surface area contributed by atoms with Gasteiger partial charge in [-0.05, 0) is 61.6 Å². The van der Waals surface area contributed by atoms with Gasteiger partial charge in [0.15, 0.2) is 11.5 Å².